The topological polar surface area (TPSA) is 26.1 Å². The van der Waals surface area contributed by atoms with Gasteiger partial charge in [0.05, 0.1) is 16.1 Å². The van der Waals surface area contributed by atoms with Crippen LogP contribution in [-0.2, 0) is 7.05 Å². The molecule has 42 heavy (non-hydrogen) atoms. The maximum absolute atomic E-state index is 3.40. The lowest BCUT2D eigenvalue weighted by molar-refractivity contribution is -0.646. The van der Waals surface area contributed by atoms with Gasteiger partial charge in [0.2, 0.25) is 11.2 Å². The molecular weight excluding hydrogens is 533 g/mol. The van der Waals surface area contributed by atoms with Crippen molar-refractivity contribution >= 4 is 57.5 Å². The molecule has 0 amide bonds. The van der Waals surface area contributed by atoms with E-state index in [0.29, 0.717) is 0 Å². The molecule has 0 saturated carbocycles. The maximum Gasteiger partial charge on any atom is 0.213 e. The number of hydrogen-bond donors (Lipinski definition) is 1. The first kappa shape index (κ1) is 27.1. The van der Waals surface area contributed by atoms with Crippen molar-refractivity contribution in [1.29, 1.82) is 0 Å². The number of aromatic amines is 1. The fourth-order valence-electron chi connectivity index (χ4n) is 6.43. The summed E-state index contributed by atoms with van der Waals surface area (Å²) in [4.78, 5) is 9.96. The molecule has 0 atom stereocenters. The van der Waals surface area contributed by atoms with E-state index in [-0.39, 0.29) is 0 Å². The Morgan fingerprint density at radius 3 is 2.52 bits per heavy atom. The van der Waals surface area contributed by atoms with Crippen LogP contribution in [0.3, 0.4) is 0 Å². The van der Waals surface area contributed by atoms with E-state index in [1.165, 1.54) is 93.1 Å². The Hall–Kier alpha value is -3.80. The number of nitrogens with one attached hydrogen (secondary N) is 1. The summed E-state index contributed by atoms with van der Waals surface area (Å²) in [6.07, 6.45) is 12.8. The van der Waals surface area contributed by atoms with Crippen LogP contribution in [0.2, 0.25) is 0 Å². The first-order valence-corrected chi connectivity index (χ1v) is 16.1. The summed E-state index contributed by atoms with van der Waals surface area (Å²) in [5.41, 5.74) is 7.38. The van der Waals surface area contributed by atoms with Crippen LogP contribution in [0.15, 0.2) is 95.0 Å². The van der Waals surface area contributed by atoms with Crippen LogP contribution in [0.4, 0.5) is 5.69 Å². The number of likely N-dealkylation sites (tertiary alicyclic amines) is 1. The largest absolute Gasteiger partial charge is 0.361 e. The highest BCUT2D eigenvalue weighted by Crippen LogP contribution is 2.46. The van der Waals surface area contributed by atoms with Gasteiger partial charge in [0.15, 0.2) is 0 Å². The van der Waals surface area contributed by atoms with Gasteiger partial charge in [-0.3, -0.25) is 0 Å². The van der Waals surface area contributed by atoms with Crippen LogP contribution in [0.1, 0.15) is 43.0 Å². The number of benzene rings is 3. The molecule has 1 N–H and O–H groups in total. The highest BCUT2D eigenvalue weighted by atomic mass is 32.2. The standard InChI is InChI=1S/C37H38N4S/c1-27-18-22-40(23-19-27)20-9-21-41-35-14-7-8-15-36(35)42-37(41)25-29-24-30(39(2)34-13-6-4-11-32(29)34)17-16-28-26-38-33-12-5-3-10-31(28)33/h3-8,10-17,24-27H,9,18-23H2,1-2H3/p+1/b37-25-. The Kier molecular flexibility index (Phi) is 7.62. The predicted molar refractivity (Wildman–Crippen MR) is 179 cm³/mol. The average Bonchev–Trinajstić information content (AvgIpc) is 3.60. The number of H-pyrrole nitrogens is 1. The number of piperidine rings is 1. The van der Waals surface area contributed by atoms with Gasteiger partial charge in [-0.05, 0) is 92.4 Å². The summed E-state index contributed by atoms with van der Waals surface area (Å²) in [7, 11) is 2.17. The molecule has 2 aliphatic rings. The second kappa shape index (κ2) is 11.8. The summed E-state index contributed by atoms with van der Waals surface area (Å²) in [5, 5.41) is 3.83. The molecule has 7 rings (SSSR count). The van der Waals surface area contributed by atoms with Gasteiger partial charge in [0.25, 0.3) is 0 Å². The molecule has 2 aromatic heterocycles. The smallest absolute Gasteiger partial charge is 0.213 e. The Balaban J connectivity index is 1.22. The van der Waals surface area contributed by atoms with E-state index in [2.05, 4.69) is 137 Å². The van der Waals surface area contributed by atoms with Crippen LogP contribution in [0, 0.1) is 5.92 Å². The normalized spacial score (nSPS) is 17.3. The zero-order chi connectivity index (χ0) is 28.5. The van der Waals surface area contributed by atoms with Gasteiger partial charge in [-0.25, -0.2) is 0 Å². The SMILES string of the molecule is CC1CCN(CCCN2/C(=C/c3cc(/C=C/c4c[nH]c5ccccc45)[n+](C)c4ccccc34)Sc3ccccc32)CC1. The molecule has 0 bridgehead atoms. The summed E-state index contributed by atoms with van der Waals surface area (Å²) in [6.45, 7) is 7.10. The highest BCUT2D eigenvalue weighted by molar-refractivity contribution is 8.03. The van der Waals surface area contributed by atoms with Crippen molar-refractivity contribution in [3.63, 3.8) is 0 Å². The Labute approximate surface area is 253 Å². The van der Waals surface area contributed by atoms with Crippen molar-refractivity contribution in [3.05, 3.63) is 107 Å². The van der Waals surface area contributed by atoms with Crippen LogP contribution in [0.25, 0.3) is 40.0 Å². The first-order chi connectivity index (χ1) is 20.6. The molecule has 1 fully saturated rings. The number of rotatable bonds is 7. The lowest BCUT2D eigenvalue weighted by Gasteiger charge is -2.31. The maximum atomic E-state index is 3.40. The van der Waals surface area contributed by atoms with Crippen LogP contribution in [-0.4, -0.2) is 36.1 Å². The molecule has 2 aliphatic heterocycles. The lowest BCUT2D eigenvalue weighted by Crippen LogP contribution is -2.35. The first-order valence-electron chi connectivity index (χ1n) is 15.3. The van der Waals surface area contributed by atoms with Crippen LogP contribution in [0.5, 0.6) is 0 Å². The number of para-hydroxylation sites is 3. The van der Waals surface area contributed by atoms with Gasteiger partial charge >= 0.3 is 0 Å². The van der Waals surface area contributed by atoms with Crippen molar-refractivity contribution < 1.29 is 4.57 Å². The van der Waals surface area contributed by atoms with Crippen molar-refractivity contribution in [1.82, 2.24) is 9.88 Å². The molecule has 4 nitrogen and oxygen atoms in total. The third-order valence-electron chi connectivity index (χ3n) is 8.97. The van der Waals surface area contributed by atoms with E-state index in [4.69, 9.17) is 0 Å². The number of hydrogen-bond acceptors (Lipinski definition) is 3. The molecule has 212 valence electrons. The lowest BCUT2D eigenvalue weighted by atomic mass is 9.99. The van der Waals surface area contributed by atoms with Crippen molar-refractivity contribution in [3.8, 4) is 0 Å². The third kappa shape index (κ3) is 5.39. The third-order valence-corrected chi connectivity index (χ3v) is 10.1. The fourth-order valence-corrected chi connectivity index (χ4v) is 7.57. The minimum atomic E-state index is 0.877. The molecule has 0 unspecified atom stereocenters. The molecule has 3 aromatic carbocycles. The number of thioether (sulfide) groups is 1. The van der Waals surface area contributed by atoms with Crippen LogP contribution < -0.4 is 9.47 Å². The second-order valence-electron chi connectivity index (χ2n) is 11.8. The van der Waals surface area contributed by atoms with Gasteiger partial charge in [-0.1, -0.05) is 61.2 Å². The number of nitrogens with zero attached hydrogens (tertiary/aromatic N) is 3. The Bertz CT molecular complexity index is 1790. The minimum Gasteiger partial charge on any atom is -0.361 e. The van der Waals surface area contributed by atoms with Gasteiger partial charge in [-0.2, -0.15) is 4.57 Å². The van der Waals surface area contributed by atoms with Crippen molar-refractivity contribution in [2.24, 2.45) is 13.0 Å². The summed E-state index contributed by atoms with van der Waals surface area (Å²) in [5.74, 6) is 0.877. The van der Waals surface area contributed by atoms with Gasteiger partial charge < -0.3 is 14.8 Å². The fraction of sp³-hybridized carbons (Fsp3) is 0.270. The quantitative estimate of drug-likeness (QED) is 0.199. The number of aromatic nitrogens is 2. The molecular formula is C37H39N4S+. The van der Waals surface area contributed by atoms with Crippen molar-refractivity contribution in [2.45, 2.75) is 31.1 Å². The van der Waals surface area contributed by atoms with E-state index in [1.807, 2.05) is 11.8 Å². The molecule has 0 spiro atoms. The monoisotopic (exact) mass is 571 g/mol. The zero-order valence-electron chi connectivity index (χ0n) is 24.6. The number of aryl methyl sites for hydroxylation is 1. The molecule has 5 aromatic rings. The molecule has 4 heterocycles. The summed E-state index contributed by atoms with van der Waals surface area (Å²) in [6, 6.07) is 28.5. The molecule has 5 heteroatoms. The van der Waals surface area contributed by atoms with E-state index in [9.17, 15) is 0 Å². The number of fused-ring (bicyclic) bond motifs is 3. The Morgan fingerprint density at radius 2 is 1.64 bits per heavy atom. The highest BCUT2D eigenvalue weighted by Gasteiger charge is 2.26. The number of anilines is 1. The number of pyridine rings is 1. The minimum absolute atomic E-state index is 0.877. The summed E-state index contributed by atoms with van der Waals surface area (Å²) >= 11 is 1.90. The average molecular weight is 572 g/mol. The van der Waals surface area contributed by atoms with E-state index in [1.54, 1.807) is 0 Å². The van der Waals surface area contributed by atoms with Gasteiger partial charge in [-0.15, -0.1) is 0 Å². The van der Waals surface area contributed by atoms with Gasteiger partial charge in [0, 0.05) is 46.7 Å². The van der Waals surface area contributed by atoms with E-state index >= 15 is 0 Å². The van der Waals surface area contributed by atoms with E-state index < -0.39 is 0 Å². The molecule has 0 aliphatic carbocycles. The Morgan fingerprint density at radius 1 is 0.881 bits per heavy atom. The second-order valence-corrected chi connectivity index (χ2v) is 12.9. The zero-order valence-corrected chi connectivity index (χ0v) is 25.4. The van der Waals surface area contributed by atoms with Gasteiger partial charge in [0.1, 0.15) is 7.05 Å². The summed E-state index contributed by atoms with van der Waals surface area (Å²) < 4.78 is 2.30. The molecule has 0 radical (unpaired) electrons. The van der Waals surface area contributed by atoms with Crippen molar-refractivity contribution in [2.75, 3.05) is 31.1 Å². The van der Waals surface area contributed by atoms with Crippen LogP contribution >= 0.6 is 11.8 Å². The predicted octanol–water partition coefficient (Wildman–Crippen LogP) is 8.35. The molecule has 1 saturated heterocycles. The van der Waals surface area contributed by atoms with E-state index in [0.717, 1.165) is 12.5 Å².